The van der Waals surface area contributed by atoms with Crippen LogP contribution in [0.25, 0.3) is 0 Å². The van der Waals surface area contributed by atoms with E-state index in [0.29, 0.717) is 19.8 Å². The van der Waals surface area contributed by atoms with Crippen molar-refractivity contribution in [2.24, 2.45) is 5.73 Å². The Morgan fingerprint density at radius 3 is 2.56 bits per heavy atom. The summed E-state index contributed by atoms with van der Waals surface area (Å²) in [5.74, 6) is 0. The van der Waals surface area contributed by atoms with Gasteiger partial charge in [0.2, 0.25) is 0 Å². The smallest absolute Gasteiger partial charge is 0.0717 e. The second-order valence-corrected chi connectivity index (χ2v) is 4.55. The summed E-state index contributed by atoms with van der Waals surface area (Å²) in [6, 6.07) is 10.2. The highest BCUT2D eigenvalue weighted by molar-refractivity contribution is 5.13. The lowest BCUT2D eigenvalue weighted by Crippen LogP contribution is -2.47. The third kappa shape index (κ3) is 5.26. The third-order valence-corrected chi connectivity index (χ3v) is 2.47. The van der Waals surface area contributed by atoms with Gasteiger partial charge in [-0.2, -0.15) is 0 Å². The molecule has 0 aliphatic rings. The van der Waals surface area contributed by atoms with E-state index in [1.165, 1.54) is 5.56 Å². The molecule has 0 bridgehead atoms. The topological polar surface area (TPSA) is 47.3 Å². The van der Waals surface area contributed by atoms with Crippen LogP contribution in [-0.4, -0.2) is 25.2 Å². The maximum absolute atomic E-state index is 5.61. The Balaban J connectivity index is 2.09. The summed E-state index contributed by atoms with van der Waals surface area (Å²) in [6.45, 7) is 7.01. The average molecular weight is 222 g/mol. The number of nitrogens with one attached hydrogen (secondary N) is 1. The highest BCUT2D eigenvalue weighted by Crippen LogP contribution is 2.00. The average Bonchev–Trinajstić information content (AvgIpc) is 2.30. The van der Waals surface area contributed by atoms with Crippen LogP contribution >= 0.6 is 0 Å². The zero-order valence-corrected chi connectivity index (χ0v) is 10.2. The quantitative estimate of drug-likeness (QED) is 0.688. The van der Waals surface area contributed by atoms with Crippen LogP contribution in [0, 0.1) is 0 Å². The van der Waals surface area contributed by atoms with Crippen molar-refractivity contribution >= 4 is 0 Å². The molecule has 1 rings (SSSR count). The molecule has 90 valence electrons. The number of hydrogen-bond acceptors (Lipinski definition) is 3. The van der Waals surface area contributed by atoms with Crippen LogP contribution in [0.15, 0.2) is 30.3 Å². The molecule has 0 amide bonds. The standard InChI is InChI=1S/C13H22N2O/c1-13(2,11-14)15-8-9-16-10-12-6-4-3-5-7-12/h3-7,15H,8-11,14H2,1-2H3. The summed E-state index contributed by atoms with van der Waals surface area (Å²) >= 11 is 0. The molecule has 3 N–H and O–H groups in total. The van der Waals surface area contributed by atoms with Crippen LogP contribution in [-0.2, 0) is 11.3 Å². The van der Waals surface area contributed by atoms with Gasteiger partial charge in [0.15, 0.2) is 0 Å². The van der Waals surface area contributed by atoms with E-state index in [1.54, 1.807) is 0 Å². The van der Waals surface area contributed by atoms with Gasteiger partial charge in [0, 0.05) is 18.6 Å². The molecule has 0 aromatic heterocycles. The van der Waals surface area contributed by atoms with E-state index in [2.05, 4.69) is 31.3 Å². The first kappa shape index (κ1) is 13.2. The SMILES string of the molecule is CC(C)(CN)NCCOCc1ccccc1. The number of hydrogen-bond donors (Lipinski definition) is 2. The Morgan fingerprint density at radius 2 is 1.94 bits per heavy atom. The summed E-state index contributed by atoms with van der Waals surface area (Å²) in [5, 5.41) is 3.34. The maximum Gasteiger partial charge on any atom is 0.0717 e. The molecule has 0 saturated carbocycles. The minimum absolute atomic E-state index is 0.00386. The normalized spacial score (nSPS) is 11.7. The van der Waals surface area contributed by atoms with E-state index < -0.39 is 0 Å². The van der Waals surface area contributed by atoms with Gasteiger partial charge in [0.05, 0.1) is 13.2 Å². The van der Waals surface area contributed by atoms with Crippen molar-refractivity contribution in [1.82, 2.24) is 5.32 Å². The summed E-state index contributed by atoms with van der Waals surface area (Å²) < 4.78 is 5.56. The van der Waals surface area contributed by atoms with Crippen molar-refractivity contribution in [3.8, 4) is 0 Å². The van der Waals surface area contributed by atoms with Crippen molar-refractivity contribution in [1.29, 1.82) is 0 Å². The molecule has 0 saturated heterocycles. The highest BCUT2D eigenvalue weighted by Gasteiger charge is 2.12. The van der Waals surface area contributed by atoms with Crippen molar-refractivity contribution in [2.75, 3.05) is 19.7 Å². The van der Waals surface area contributed by atoms with Crippen molar-refractivity contribution in [2.45, 2.75) is 26.0 Å². The van der Waals surface area contributed by atoms with Gasteiger partial charge >= 0.3 is 0 Å². The van der Waals surface area contributed by atoms with Crippen LogP contribution in [0.4, 0.5) is 0 Å². The van der Waals surface area contributed by atoms with Crippen molar-refractivity contribution in [3.63, 3.8) is 0 Å². The minimum Gasteiger partial charge on any atom is -0.375 e. The predicted molar refractivity (Wildman–Crippen MR) is 67.2 cm³/mol. The summed E-state index contributed by atoms with van der Waals surface area (Å²) in [7, 11) is 0. The van der Waals surface area contributed by atoms with Crippen LogP contribution in [0.3, 0.4) is 0 Å². The zero-order valence-electron chi connectivity index (χ0n) is 10.2. The number of benzene rings is 1. The molecule has 1 aromatic carbocycles. The van der Waals surface area contributed by atoms with Crippen molar-refractivity contribution < 1.29 is 4.74 Å². The highest BCUT2D eigenvalue weighted by atomic mass is 16.5. The molecule has 3 heteroatoms. The molecule has 16 heavy (non-hydrogen) atoms. The monoisotopic (exact) mass is 222 g/mol. The van der Waals surface area contributed by atoms with E-state index in [1.807, 2.05) is 18.2 Å². The van der Waals surface area contributed by atoms with Gasteiger partial charge in [-0.05, 0) is 19.4 Å². The van der Waals surface area contributed by atoms with Crippen LogP contribution in [0.5, 0.6) is 0 Å². The van der Waals surface area contributed by atoms with Gasteiger partial charge in [-0.1, -0.05) is 30.3 Å². The van der Waals surface area contributed by atoms with Gasteiger partial charge in [-0.25, -0.2) is 0 Å². The zero-order chi connectivity index (χ0) is 11.9. The van der Waals surface area contributed by atoms with E-state index in [0.717, 1.165) is 6.54 Å². The Morgan fingerprint density at radius 1 is 1.25 bits per heavy atom. The summed E-state index contributed by atoms with van der Waals surface area (Å²) in [5.41, 5.74) is 6.81. The first-order valence-electron chi connectivity index (χ1n) is 5.71. The van der Waals surface area contributed by atoms with E-state index in [4.69, 9.17) is 10.5 Å². The predicted octanol–water partition coefficient (Wildman–Crippen LogP) is 1.53. The molecule has 0 heterocycles. The largest absolute Gasteiger partial charge is 0.375 e. The molecule has 3 nitrogen and oxygen atoms in total. The van der Waals surface area contributed by atoms with E-state index in [9.17, 15) is 0 Å². The third-order valence-electron chi connectivity index (χ3n) is 2.47. The number of nitrogens with two attached hydrogens (primary N) is 1. The second kappa shape index (κ2) is 6.63. The fourth-order valence-electron chi connectivity index (χ4n) is 1.30. The number of rotatable bonds is 7. The molecule has 0 aliphatic heterocycles. The minimum atomic E-state index is -0.00386. The molecule has 0 atom stereocenters. The van der Waals surface area contributed by atoms with E-state index in [-0.39, 0.29) is 5.54 Å². The lowest BCUT2D eigenvalue weighted by molar-refractivity contribution is 0.117. The summed E-state index contributed by atoms with van der Waals surface area (Å²) in [4.78, 5) is 0. The lowest BCUT2D eigenvalue weighted by atomic mass is 10.1. The van der Waals surface area contributed by atoms with Gasteiger partial charge in [-0.15, -0.1) is 0 Å². The maximum atomic E-state index is 5.61. The molecular weight excluding hydrogens is 200 g/mol. The number of ether oxygens (including phenoxy) is 1. The molecule has 1 aromatic rings. The first-order valence-corrected chi connectivity index (χ1v) is 5.71. The Labute approximate surface area is 98.0 Å². The van der Waals surface area contributed by atoms with E-state index >= 15 is 0 Å². The molecule has 0 unspecified atom stereocenters. The van der Waals surface area contributed by atoms with Gasteiger partial charge < -0.3 is 15.8 Å². The van der Waals surface area contributed by atoms with Crippen LogP contribution in [0.1, 0.15) is 19.4 Å². The molecule has 0 radical (unpaired) electrons. The second-order valence-electron chi connectivity index (χ2n) is 4.55. The lowest BCUT2D eigenvalue weighted by Gasteiger charge is -2.24. The fraction of sp³-hybridized carbons (Fsp3) is 0.538. The Hall–Kier alpha value is -0.900. The van der Waals surface area contributed by atoms with Crippen molar-refractivity contribution in [3.05, 3.63) is 35.9 Å². The molecular formula is C13H22N2O. The van der Waals surface area contributed by atoms with Gasteiger partial charge in [-0.3, -0.25) is 0 Å². The van der Waals surface area contributed by atoms with Gasteiger partial charge in [0.25, 0.3) is 0 Å². The molecule has 0 fully saturated rings. The first-order chi connectivity index (χ1) is 7.64. The fourth-order valence-corrected chi connectivity index (χ4v) is 1.30. The Kier molecular flexibility index (Phi) is 5.46. The molecule has 0 spiro atoms. The van der Waals surface area contributed by atoms with Crippen LogP contribution in [0.2, 0.25) is 0 Å². The van der Waals surface area contributed by atoms with Crippen LogP contribution < -0.4 is 11.1 Å². The van der Waals surface area contributed by atoms with Gasteiger partial charge in [0.1, 0.15) is 0 Å². The Bertz CT molecular complexity index is 285. The summed E-state index contributed by atoms with van der Waals surface area (Å²) in [6.07, 6.45) is 0. The molecule has 0 aliphatic carbocycles.